The molecule has 0 bridgehead atoms. The average molecular weight is 942 g/mol. The summed E-state index contributed by atoms with van der Waals surface area (Å²) in [5, 5.41) is 2.59. The number of hydrogen-bond acceptors (Lipinski definition) is 3. The van der Waals surface area contributed by atoms with Crippen LogP contribution in [-0.4, -0.2) is 16.6 Å². The van der Waals surface area contributed by atoms with Crippen molar-refractivity contribution in [3.63, 3.8) is 0 Å². The molecule has 0 amide bonds. The van der Waals surface area contributed by atoms with Gasteiger partial charge in [-0.05, 0) is 154 Å². The summed E-state index contributed by atoms with van der Waals surface area (Å²) < 4.78 is 2.42. The maximum atomic E-state index is 4.52. The third kappa shape index (κ3) is 7.45. The molecule has 12 rings (SSSR count). The van der Waals surface area contributed by atoms with E-state index in [0.717, 1.165) is 25.0 Å². The fraction of sp³-hybridized carbons (Fsp3) is 0.194. The highest BCUT2D eigenvalue weighted by Gasteiger charge is 2.41. The summed E-state index contributed by atoms with van der Waals surface area (Å²) in [6.07, 6.45) is 10.8. The Bertz CT molecular complexity index is 3430. The molecule has 67 heavy (non-hydrogen) atoms. The van der Waals surface area contributed by atoms with Gasteiger partial charge in [-0.3, -0.25) is 0 Å². The van der Waals surface area contributed by atoms with E-state index in [4.69, 9.17) is 0 Å². The molecule has 3 aromatic heterocycles. The molecule has 4 heterocycles. The molecule has 332 valence electrons. The number of benzene rings is 7. The Labute approximate surface area is 410 Å². The van der Waals surface area contributed by atoms with Gasteiger partial charge in [-0.1, -0.05) is 148 Å². The third-order valence-electron chi connectivity index (χ3n) is 14.9. The van der Waals surface area contributed by atoms with Gasteiger partial charge >= 0.3 is 0 Å². The van der Waals surface area contributed by atoms with E-state index in [1.807, 2.05) is 22.7 Å². The van der Waals surface area contributed by atoms with Crippen LogP contribution in [0.3, 0.4) is 0 Å². The Balaban J connectivity index is 0.984. The van der Waals surface area contributed by atoms with Crippen LogP contribution in [0.4, 0.5) is 0 Å². The molecule has 1 nitrogen and oxygen atoms in total. The van der Waals surface area contributed by atoms with Crippen LogP contribution in [0, 0.1) is 5.92 Å². The van der Waals surface area contributed by atoms with Gasteiger partial charge in [-0.15, -0.1) is 22.7 Å². The van der Waals surface area contributed by atoms with Crippen LogP contribution < -0.4 is 0 Å². The number of fused-ring (bicyclic) bond motifs is 9. The Morgan fingerprint density at radius 3 is 2.09 bits per heavy atom. The van der Waals surface area contributed by atoms with Crippen molar-refractivity contribution in [1.29, 1.82) is 0 Å². The molecule has 5 heteroatoms. The van der Waals surface area contributed by atoms with Crippen LogP contribution in [0.2, 0.25) is 0 Å². The molecule has 3 unspecified atom stereocenters. The summed E-state index contributed by atoms with van der Waals surface area (Å²) in [4.78, 5) is 10.2. The number of nitrogens with zero attached hydrogens (tertiary/aromatic N) is 1. The van der Waals surface area contributed by atoms with Crippen molar-refractivity contribution in [2.75, 3.05) is 12.0 Å². The molecular formula is C62H55NS4. The molecule has 1 aliphatic heterocycles. The second-order valence-electron chi connectivity index (χ2n) is 18.8. The van der Waals surface area contributed by atoms with Gasteiger partial charge in [0.2, 0.25) is 0 Å². The highest BCUT2D eigenvalue weighted by Crippen LogP contribution is 2.77. The standard InChI is InChI=1S/C62H55NS4/c1-3-41(17-14-15-34-64)35-42-18-16-23-48(36-42)67(2)59-39-57(45-29-28-44-30-32-49(43-19-6-4-7-20-43)50-24-10-11-25-51(50)53(44)37-45)65-61(59)62-60(67)40-58(66-62)46-31-33-56-54(38-46)52-26-12-13-27-55(52)63(56)47-21-8-5-9-22-47/h4-13,16,18-29,31,33,36-41,49,64H,3,14-15,17,30,32,34-35H2,1-2H3. The van der Waals surface area contributed by atoms with E-state index < -0.39 is 10.0 Å². The average Bonchev–Trinajstić information content (AvgIpc) is 4.13. The first kappa shape index (κ1) is 42.8. The normalized spacial score (nSPS) is 17.6. The molecule has 0 saturated heterocycles. The van der Waals surface area contributed by atoms with Crippen LogP contribution in [0.1, 0.15) is 67.2 Å². The molecule has 1 aliphatic carbocycles. The number of thiophene rings is 2. The van der Waals surface area contributed by atoms with Gasteiger partial charge in [0.25, 0.3) is 0 Å². The van der Waals surface area contributed by atoms with E-state index in [0.29, 0.717) is 11.8 Å². The number of aryl methyl sites for hydroxylation is 1. The summed E-state index contributed by atoms with van der Waals surface area (Å²) in [6, 6.07) is 69.5. The van der Waals surface area contributed by atoms with E-state index in [-0.39, 0.29) is 0 Å². The van der Waals surface area contributed by atoms with E-state index in [1.54, 1.807) is 0 Å². The minimum absolute atomic E-state index is 0.383. The second kappa shape index (κ2) is 17.8. The predicted octanol–water partition coefficient (Wildman–Crippen LogP) is 18.5. The third-order valence-corrected chi connectivity index (χ3v) is 21.6. The quantitative estimate of drug-likeness (QED) is 0.0920. The van der Waals surface area contributed by atoms with Crippen LogP contribution in [-0.2, 0) is 12.8 Å². The lowest BCUT2D eigenvalue weighted by Crippen LogP contribution is -2.05. The van der Waals surface area contributed by atoms with Crippen molar-refractivity contribution in [3.05, 3.63) is 204 Å². The number of hydrogen-bond donors (Lipinski definition) is 1. The summed E-state index contributed by atoms with van der Waals surface area (Å²) >= 11 is 8.54. The molecule has 0 N–H and O–H groups in total. The smallest absolute Gasteiger partial charge is 0.0587 e. The Morgan fingerprint density at radius 1 is 0.627 bits per heavy atom. The lowest BCUT2D eigenvalue weighted by atomic mass is 9.86. The molecule has 2 aliphatic rings. The van der Waals surface area contributed by atoms with Crippen molar-refractivity contribution < 1.29 is 0 Å². The zero-order valence-electron chi connectivity index (χ0n) is 38.3. The second-order valence-corrected chi connectivity index (χ2v) is 24.5. The van der Waals surface area contributed by atoms with Gasteiger partial charge in [0.15, 0.2) is 0 Å². The summed E-state index contributed by atoms with van der Waals surface area (Å²) in [5.41, 5.74) is 14.9. The monoisotopic (exact) mass is 941 g/mol. The minimum Gasteiger partial charge on any atom is -0.309 e. The highest BCUT2D eigenvalue weighted by molar-refractivity contribution is 8.34. The van der Waals surface area contributed by atoms with Crippen molar-refractivity contribution in [3.8, 4) is 47.4 Å². The molecule has 7 aromatic carbocycles. The molecular weight excluding hydrogens is 887 g/mol. The Hall–Kier alpha value is -5.56. The van der Waals surface area contributed by atoms with Gasteiger partial charge in [-0.25, -0.2) is 0 Å². The lowest BCUT2D eigenvalue weighted by Gasteiger charge is -2.33. The van der Waals surface area contributed by atoms with Gasteiger partial charge in [0.05, 0.1) is 20.8 Å². The van der Waals surface area contributed by atoms with Gasteiger partial charge < -0.3 is 4.57 Å². The number of thiol groups is 1. The highest BCUT2D eigenvalue weighted by atomic mass is 32.3. The van der Waals surface area contributed by atoms with Crippen molar-refractivity contribution in [2.24, 2.45) is 5.92 Å². The fourth-order valence-electron chi connectivity index (χ4n) is 11.3. The van der Waals surface area contributed by atoms with Crippen molar-refractivity contribution in [1.82, 2.24) is 4.57 Å². The van der Waals surface area contributed by atoms with E-state index in [1.165, 1.54) is 132 Å². The van der Waals surface area contributed by atoms with Crippen LogP contribution in [0.5, 0.6) is 0 Å². The van der Waals surface area contributed by atoms with Crippen molar-refractivity contribution in [2.45, 2.75) is 72.5 Å². The molecule has 10 aromatic rings. The first-order valence-electron chi connectivity index (χ1n) is 24.1. The molecule has 0 saturated carbocycles. The van der Waals surface area contributed by atoms with Crippen LogP contribution >= 0.6 is 45.3 Å². The number of para-hydroxylation sites is 2. The zero-order valence-corrected chi connectivity index (χ0v) is 41.6. The van der Waals surface area contributed by atoms with Crippen LogP contribution in [0.25, 0.3) is 69.3 Å². The molecule has 0 radical (unpaired) electrons. The van der Waals surface area contributed by atoms with Gasteiger partial charge in [0, 0.05) is 41.9 Å². The topological polar surface area (TPSA) is 4.93 Å². The minimum atomic E-state index is -1.57. The zero-order chi connectivity index (χ0) is 45.1. The van der Waals surface area contributed by atoms with E-state index in [2.05, 4.69) is 212 Å². The van der Waals surface area contributed by atoms with E-state index in [9.17, 15) is 0 Å². The number of aromatic nitrogens is 1. The summed E-state index contributed by atoms with van der Waals surface area (Å²) in [5.74, 6) is 2.05. The summed E-state index contributed by atoms with van der Waals surface area (Å²) in [6.45, 7) is 2.37. The number of rotatable bonds is 12. The number of unbranched alkanes of at least 4 members (excludes halogenated alkanes) is 1. The maximum Gasteiger partial charge on any atom is 0.0587 e. The first-order valence-corrected chi connectivity index (χ1v) is 28.4. The molecule has 0 spiro atoms. The molecule has 0 fully saturated rings. The SMILES string of the molecule is CCC(CCCCS)Cc1cccc(S2(C)c3cc(-c4ccc5c(c4)-c4ccccc4C(c4ccccc4)CC5)sc3-c3sc(-c4ccc5c(c4)c4ccccc4n5-c4ccccc4)cc32)c1. The Morgan fingerprint density at radius 2 is 1.31 bits per heavy atom. The first-order chi connectivity index (χ1) is 33.0. The molecule has 3 atom stereocenters. The lowest BCUT2D eigenvalue weighted by molar-refractivity contribution is 0.450. The largest absolute Gasteiger partial charge is 0.309 e. The van der Waals surface area contributed by atoms with E-state index >= 15 is 0 Å². The predicted molar refractivity (Wildman–Crippen MR) is 295 cm³/mol. The van der Waals surface area contributed by atoms with Crippen molar-refractivity contribution >= 4 is 67.1 Å². The van der Waals surface area contributed by atoms with Gasteiger partial charge in [0.1, 0.15) is 0 Å². The fourth-order valence-corrected chi connectivity index (χ4v) is 18.4. The maximum absolute atomic E-state index is 4.52. The Kier molecular flexibility index (Phi) is 11.4. The van der Waals surface area contributed by atoms with Crippen LogP contribution in [0.15, 0.2) is 197 Å². The summed E-state index contributed by atoms with van der Waals surface area (Å²) in [7, 11) is -1.57. The van der Waals surface area contributed by atoms with Gasteiger partial charge in [-0.2, -0.15) is 22.7 Å².